The van der Waals surface area contributed by atoms with Crippen molar-refractivity contribution < 1.29 is 9.47 Å². The summed E-state index contributed by atoms with van der Waals surface area (Å²) in [5.74, 6) is 0.953. The predicted molar refractivity (Wildman–Crippen MR) is 182 cm³/mol. The summed E-state index contributed by atoms with van der Waals surface area (Å²) in [7, 11) is 2.22. The number of aryl methyl sites for hydroxylation is 2. The second kappa shape index (κ2) is 15.9. The highest BCUT2D eigenvalue weighted by molar-refractivity contribution is 6.37. The number of ether oxygens (including phenoxy) is 2. The molecule has 1 N–H and O–H groups in total. The summed E-state index contributed by atoms with van der Waals surface area (Å²) in [4.78, 5) is 19.6. The fraction of sp³-hybridized carbons (Fsp3) is 0.528. The molecule has 2 aromatic heterocycles. The largest absolute Gasteiger partial charge is 0.492 e. The van der Waals surface area contributed by atoms with Crippen LogP contribution in [0.5, 0.6) is 5.75 Å². The molecule has 0 bridgehead atoms. The molecule has 5 rings (SSSR count). The summed E-state index contributed by atoms with van der Waals surface area (Å²) >= 11 is 6.52. The normalized spacial score (nSPS) is 14.3. The summed E-state index contributed by atoms with van der Waals surface area (Å²) in [5.41, 5.74) is 5.70. The number of unbranched alkanes of at least 4 members (excludes halogenated alkanes) is 6. The molecule has 0 saturated carbocycles. The van der Waals surface area contributed by atoms with Crippen molar-refractivity contribution in [3.05, 3.63) is 74.7 Å². The first kappa shape index (κ1) is 32.6. The van der Waals surface area contributed by atoms with Crippen molar-refractivity contribution in [1.82, 2.24) is 19.4 Å². The first-order valence-corrected chi connectivity index (χ1v) is 16.8. The number of morpholine rings is 1. The third-order valence-electron chi connectivity index (χ3n) is 9.13. The number of hydrogen-bond acceptors (Lipinski definition) is 5. The predicted octanol–water partition coefficient (Wildman–Crippen LogP) is 7.33. The standard InChI is InChI=1S/C36H49ClN4O3/c1-27-28(2)41(33-16-15-32-36(35(27)33)31(37)25-34(42)38-32)18-10-8-6-4-5-7-9-17-39(3)26-29-11-13-30(14-12-29)44-24-21-40-19-22-43-23-20-40/h11-16,25H,4-10,17-24,26H2,1-3H3,(H,38,42). The van der Waals surface area contributed by atoms with Crippen molar-refractivity contribution in [1.29, 1.82) is 0 Å². The third-order valence-corrected chi connectivity index (χ3v) is 9.43. The van der Waals surface area contributed by atoms with E-state index in [4.69, 9.17) is 21.1 Å². The highest BCUT2D eigenvalue weighted by atomic mass is 35.5. The van der Waals surface area contributed by atoms with Crippen molar-refractivity contribution in [2.45, 2.75) is 71.9 Å². The smallest absolute Gasteiger partial charge is 0.249 e. The van der Waals surface area contributed by atoms with Crippen molar-refractivity contribution in [3.8, 4) is 5.75 Å². The summed E-state index contributed by atoms with van der Waals surface area (Å²) in [5, 5.41) is 2.63. The Kier molecular flexibility index (Phi) is 11.8. The van der Waals surface area contributed by atoms with Crippen LogP contribution in [0.3, 0.4) is 0 Å². The van der Waals surface area contributed by atoms with E-state index >= 15 is 0 Å². The van der Waals surface area contributed by atoms with E-state index in [0.717, 1.165) is 81.1 Å². The maximum absolute atomic E-state index is 11.9. The molecule has 1 aliphatic rings. The monoisotopic (exact) mass is 620 g/mol. The molecule has 1 saturated heterocycles. The molecule has 8 heteroatoms. The van der Waals surface area contributed by atoms with Crippen LogP contribution in [-0.4, -0.2) is 72.4 Å². The van der Waals surface area contributed by atoms with Crippen LogP contribution in [0, 0.1) is 13.8 Å². The van der Waals surface area contributed by atoms with Gasteiger partial charge < -0.3 is 23.9 Å². The lowest BCUT2D eigenvalue weighted by atomic mass is 10.1. The van der Waals surface area contributed by atoms with Crippen LogP contribution in [0.4, 0.5) is 0 Å². The van der Waals surface area contributed by atoms with Crippen LogP contribution in [0.25, 0.3) is 21.8 Å². The Labute approximate surface area is 267 Å². The molecule has 0 radical (unpaired) electrons. The van der Waals surface area contributed by atoms with Gasteiger partial charge in [0.05, 0.1) is 23.8 Å². The number of nitrogens with one attached hydrogen (secondary N) is 1. The minimum absolute atomic E-state index is 0.162. The van der Waals surface area contributed by atoms with E-state index in [1.54, 1.807) is 0 Å². The fourth-order valence-electron chi connectivity index (χ4n) is 6.49. The van der Waals surface area contributed by atoms with E-state index < -0.39 is 0 Å². The van der Waals surface area contributed by atoms with E-state index in [1.165, 1.54) is 73.3 Å². The quantitative estimate of drug-likeness (QED) is 0.133. The molecule has 3 heterocycles. The van der Waals surface area contributed by atoms with Crippen LogP contribution in [0.1, 0.15) is 61.8 Å². The lowest BCUT2D eigenvalue weighted by Crippen LogP contribution is -2.38. The Morgan fingerprint density at radius 3 is 2.36 bits per heavy atom. The molecule has 0 aliphatic carbocycles. The van der Waals surface area contributed by atoms with E-state index in [9.17, 15) is 4.79 Å². The molecular formula is C36H49ClN4O3. The van der Waals surface area contributed by atoms with Crippen LogP contribution in [-0.2, 0) is 17.8 Å². The molecule has 0 amide bonds. The average Bonchev–Trinajstić information content (AvgIpc) is 3.26. The number of H-pyrrole nitrogens is 1. The van der Waals surface area contributed by atoms with Gasteiger partial charge in [-0.2, -0.15) is 0 Å². The van der Waals surface area contributed by atoms with Gasteiger partial charge in [0.2, 0.25) is 5.56 Å². The van der Waals surface area contributed by atoms with E-state index in [1.807, 2.05) is 6.07 Å². The highest BCUT2D eigenvalue weighted by Crippen LogP contribution is 2.35. The van der Waals surface area contributed by atoms with Crippen LogP contribution < -0.4 is 10.3 Å². The first-order chi connectivity index (χ1) is 21.4. The number of aromatic amines is 1. The zero-order valence-electron chi connectivity index (χ0n) is 26.8. The van der Waals surface area contributed by atoms with Gasteiger partial charge in [-0.3, -0.25) is 9.69 Å². The minimum atomic E-state index is -0.162. The third kappa shape index (κ3) is 8.45. The number of benzene rings is 2. The molecular weight excluding hydrogens is 572 g/mol. The molecule has 0 spiro atoms. The first-order valence-electron chi connectivity index (χ1n) is 16.4. The van der Waals surface area contributed by atoms with Gasteiger partial charge in [0.25, 0.3) is 0 Å². The lowest BCUT2D eigenvalue weighted by molar-refractivity contribution is 0.0322. The lowest BCUT2D eigenvalue weighted by Gasteiger charge is -2.26. The molecule has 1 fully saturated rings. The molecule has 4 aromatic rings. The Hall–Kier alpha value is -2.84. The zero-order valence-corrected chi connectivity index (χ0v) is 27.6. The van der Waals surface area contributed by atoms with Gasteiger partial charge in [-0.15, -0.1) is 0 Å². The van der Waals surface area contributed by atoms with Gasteiger partial charge in [-0.1, -0.05) is 55.8 Å². The highest BCUT2D eigenvalue weighted by Gasteiger charge is 2.16. The Balaban J connectivity index is 0.950. The number of nitrogens with zero attached hydrogens (tertiary/aromatic N) is 3. The van der Waals surface area contributed by atoms with Gasteiger partial charge in [-0.25, -0.2) is 0 Å². The van der Waals surface area contributed by atoms with E-state index in [2.05, 4.69) is 70.6 Å². The van der Waals surface area contributed by atoms with Gasteiger partial charge in [0.1, 0.15) is 12.4 Å². The maximum atomic E-state index is 11.9. The number of rotatable bonds is 16. The van der Waals surface area contributed by atoms with Crippen molar-refractivity contribution in [2.24, 2.45) is 0 Å². The van der Waals surface area contributed by atoms with Crippen LogP contribution in [0.15, 0.2) is 47.3 Å². The Bertz CT molecular complexity index is 1560. The summed E-state index contributed by atoms with van der Waals surface area (Å²) < 4.78 is 13.8. The Morgan fingerprint density at radius 1 is 0.909 bits per heavy atom. The number of pyridine rings is 1. The SMILES string of the molecule is Cc1c(C)n(CCCCCCCCCN(C)Cc2ccc(OCCN3CCOCC3)cc2)c2ccc3[nH]c(=O)cc(Cl)c3c12. The van der Waals surface area contributed by atoms with Gasteiger partial charge in [0.15, 0.2) is 0 Å². The maximum Gasteiger partial charge on any atom is 0.249 e. The summed E-state index contributed by atoms with van der Waals surface area (Å²) in [6.45, 7) is 12.8. The number of aromatic nitrogens is 2. The number of hydrogen-bond donors (Lipinski definition) is 1. The molecule has 0 unspecified atom stereocenters. The molecule has 238 valence electrons. The number of halogens is 1. The second-order valence-corrected chi connectivity index (χ2v) is 12.8. The van der Waals surface area contributed by atoms with Gasteiger partial charge in [-0.05, 0) is 75.7 Å². The fourth-order valence-corrected chi connectivity index (χ4v) is 6.79. The molecule has 7 nitrogen and oxygen atoms in total. The van der Waals surface area contributed by atoms with Gasteiger partial charge >= 0.3 is 0 Å². The molecule has 44 heavy (non-hydrogen) atoms. The van der Waals surface area contributed by atoms with Crippen molar-refractivity contribution in [3.63, 3.8) is 0 Å². The molecule has 2 aromatic carbocycles. The average molecular weight is 621 g/mol. The van der Waals surface area contributed by atoms with Crippen molar-refractivity contribution in [2.75, 3.05) is 53.0 Å². The minimum Gasteiger partial charge on any atom is -0.492 e. The Morgan fingerprint density at radius 2 is 1.61 bits per heavy atom. The van der Waals surface area contributed by atoms with Crippen LogP contribution >= 0.6 is 11.6 Å². The summed E-state index contributed by atoms with van der Waals surface area (Å²) in [6.07, 6.45) is 8.83. The number of fused-ring (bicyclic) bond motifs is 3. The summed E-state index contributed by atoms with van der Waals surface area (Å²) in [6, 6.07) is 14.2. The topological polar surface area (TPSA) is 62.7 Å². The zero-order chi connectivity index (χ0) is 30.9. The van der Waals surface area contributed by atoms with E-state index in [0.29, 0.717) is 5.02 Å². The molecule has 0 atom stereocenters. The van der Waals surface area contributed by atoms with Crippen molar-refractivity contribution >= 4 is 33.4 Å². The molecule has 1 aliphatic heterocycles. The van der Waals surface area contributed by atoms with Crippen LogP contribution in [0.2, 0.25) is 5.02 Å². The van der Waals surface area contributed by atoms with Gasteiger partial charge in [0, 0.05) is 60.8 Å². The van der Waals surface area contributed by atoms with E-state index in [-0.39, 0.29) is 5.56 Å². The second-order valence-electron chi connectivity index (χ2n) is 12.4.